The summed E-state index contributed by atoms with van der Waals surface area (Å²) in [6, 6.07) is 5.27. The first-order chi connectivity index (χ1) is 10.7. The topological polar surface area (TPSA) is 86.7 Å². The van der Waals surface area contributed by atoms with Gasteiger partial charge in [0.15, 0.2) is 0 Å². The van der Waals surface area contributed by atoms with E-state index in [1.165, 1.54) is 0 Å². The number of anilines is 1. The summed E-state index contributed by atoms with van der Waals surface area (Å²) in [5.74, 6) is -1.03. The van der Waals surface area contributed by atoms with E-state index < -0.39 is 11.4 Å². The Morgan fingerprint density at radius 2 is 2.00 bits per heavy atom. The lowest BCUT2D eigenvalue weighted by atomic mass is 9.89. The Morgan fingerprint density at radius 1 is 1.30 bits per heavy atom. The van der Waals surface area contributed by atoms with Crippen molar-refractivity contribution in [3.63, 3.8) is 0 Å². The van der Waals surface area contributed by atoms with Crippen LogP contribution in [0.15, 0.2) is 18.2 Å². The number of carbonyl (C=O) groups is 3. The number of aliphatic carboxylic acids is 1. The third-order valence-corrected chi connectivity index (χ3v) is 4.30. The summed E-state index contributed by atoms with van der Waals surface area (Å²) in [4.78, 5) is 36.5. The molecule has 0 saturated carbocycles. The Bertz CT molecular complexity index is 652. The Morgan fingerprint density at radius 3 is 2.65 bits per heavy atom. The Hall–Kier alpha value is -2.37. The zero-order valence-electron chi connectivity index (χ0n) is 13.7. The number of hydrogen-bond donors (Lipinski definition) is 2. The fourth-order valence-corrected chi connectivity index (χ4v) is 2.50. The molecule has 124 valence electrons. The minimum Gasteiger partial charge on any atom is -0.481 e. The van der Waals surface area contributed by atoms with E-state index in [0.717, 1.165) is 11.3 Å². The molecule has 6 heteroatoms. The largest absolute Gasteiger partial charge is 0.481 e. The first-order valence-corrected chi connectivity index (χ1v) is 7.63. The van der Waals surface area contributed by atoms with Gasteiger partial charge in [0.05, 0.1) is 5.41 Å². The summed E-state index contributed by atoms with van der Waals surface area (Å²) < 4.78 is 0. The van der Waals surface area contributed by atoms with Gasteiger partial charge in [-0.05, 0) is 50.5 Å². The number of nitrogens with one attached hydrogen (secondary N) is 1. The van der Waals surface area contributed by atoms with E-state index in [1.807, 2.05) is 0 Å². The van der Waals surface area contributed by atoms with Crippen LogP contribution in [0, 0.1) is 5.41 Å². The SMILES string of the molecule is CN1C(=O)CCc2cc(C(=O)NCCC(C)(C)C(=O)O)ccc21. The minimum atomic E-state index is -0.881. The lowest BCUT2D eigenvalue weighted by Gasteiger charge is -2.26. The van der Waals surface area contributed by atoms with E-state index in [0.29, 0.717) is 31.4 Å². The molecule has 2 rings (SSSR count). The van der Waals surface area contributed by atoms with Crippen LogP contribution in [0.3, 0.4) is 0 Å². The highest BCUT2D eigenvalue weighted by Crippen LogP contribution is 2.27. The summed E-state index contributed by atoms with van der Waals surface area (Å²) in [6.45, 7) is 3.56. The fourth-order valence-electron chi connectivity index (χ4n) is 2.50. The van der Waals surface area contributed by atoms with Crippen LogP contribution in [0.25, 0.3) is 0 Å². The molecule has 2 N–H and O–H groups in total. The quantitative estimate of drug-likeness (QED) is 0.867. The van der Waals surface area contributed by atoms with Gasteiger partial charge in [0.1, 0.15) is 0 Å². The Balaban J connectivity index is 2.01. The molecule has 6 nitrogen and oxygen atoms in total. The minimum absolute atomic E-state index is 0.0746. The van der Waals surface area contributed by atoms with E-state index >= 15 is 0 Å². The highest BCUT2D eigenvalue weighted by Gasteiger charge is 2.27. The fraction of sp³-hybridized carbons (Fsp3) is 0.471. The molecule has 0 unspecified atom stereocenters. The number of nitrogens with zero attached hydrogens (tertiary/aromatic N) is 1. The number of rotatable bonds is 5. The molecule has 0 fully saturated rings. The number of carbonyl (C=O) groups excluding carboxylic acids is 2. The second kappa shape index (κ2) is 6.40. The van der Waals surface area contributed by atoms with E-state index in [4.69, 9.17) is 5.11 Å². The number of amides is 2. The predicted molar refractivity (Wildman–Crippen MR) is 86.5 cm³/mol. The van der Waals surface area contributed by atoms with Gasteiger partial charge in [-0.15, -0.1) is 0 Å². The van der Waals surface area contributed by atoms with Crippen molar-refractivity contribution < 1.29 is 19.5 Å². The summed E-state index contributed by atoms with van der Waals surface area (Å²) in [7, 11) is 1.73. The van der Waals surface area contributed by atoms with Crippen molar-refractivity contribution in [3.05, 3.63) is 29.3 Å². The molecule has 1 aliphatic rings. The first-order valence-electron chi connectivity index (χ1n) is 7.63. The first kappa shape index (κ1) is 17.0. The number of carboxylic acids is 1. The van der Waals surface area contributed by atoms with Crippen LogP contribution >= 0.6 is 0 Å². The van der Waals surface area contributed by atoms with Crippen molar-refractivity contribution in [2.24, 2.45) is 5.41 Å². The van der Waals surface area contributed by atoms with Crippen molar-refractivity contribution in [2.75, 3.05) is 18.5 Å². The van der Waals surface area contributed by atoms with Crippen LogP contribution < -0.4 is 10.2 Å². The van der Waals surface area contributed by atoms with Gasteiger partial charge in [-0.1, -0.05) is 0 Å². The summed E-state index contributed by atoms with van der Waals surface area (Å²) in [5, 5.41) is 11.8. The highest BCUT2D eigenvalue weighted by atomic mass is 16.4. The molecule has 0 atom stereocenters. The smallest absolute Gasteiger partial charge is 0.309 e. The molecule has 0 radical (unpaired) electrons. The average Bonchev–Trinajstić information content (AvgIpc) is 2.50. The molecule has 2 amide bonds. The van der Waals surface area contributed by atoms with Gasteiger partial charge in [-0.3, -0.25) is 14.4 Å². The standard InChI is InChI=1S/C17H22N2O4/c1-17(2,16(22)23)8-9-18-15(21)12-4-6-13-11(10-12)5-7-14(20)19(13)3/h4,6,10H,5,7-9H2,1-3H3,(H,18,21)(H,22,23). The molecule has 1 heterocycles. The highest BCUT2D eigenvalue weighted by molar-refractivity contribution is 5.98. The van der Waals surface area contributed by atoms with Crippen LogP contribution in [-0.4, -0.2) is 36.5 Å². The van der Waals surface area contributed by atoms with Crippen LogP contribution in [0.4, 0.5) is 5.69 Å². The normalized spacial score (nSPS) is 14.4. The van der Waals surface area contributed by atoms with Crippen LogP contribution in [0.5, 0.6) is 0 Å². The van der Waals surface area contributed by atoms with Crippen molar-refractivity contribution in [3.8, 4) is 0 Å². The number of benzene rings is 1. The summed E-state index contributed by atoms with van der Waals surface area (Å²) >= 11 is 0. The molecular weight excluding hydrogens is 296 g/mol. The molecule has 23 heavy (non-hydrogen) atoms. The molecule has 0 spiro atoms. The molecule has 0 aliphatic carbocycles. The zero-order valence-corrected chi connectivity index (χ0v) is 13.7. The van der Waals surface area contributed by atoms with Gasteiger partial charge in [0.2, 0.25) is 5.91 Å². The zero-order chi connectivity index (χ0) is 17.2. The van der Waals surface area contributed by atoms with Crippen molar-refractivity contribution in [2.45, 2.75) is 33.1 Å². The number of hydrogen-bond acceptors (Lipinski definition) is 3. The maximum Gasteiger partial charge on any atom is 0.309 e. The molecular formula is C17H22N2O4. The van der Waals surface area contributed by atoms with Gasteiger partial charge >= 0.3 is 5.97 Å². The van der Waals surface area contributed by atoms with Gasteiger partial charge in [-0.2, -0.15) is 0 Å². The molecule has 0 saturated heterocycles. The van der Waals surface area contributed by atoms with E-state index in [-0.39, 0.29) is 11.8 Å². The van der Waals surface area contributed by atoms with Gasteiger partial charge in [0, 0.05) is 31.3 Å². The maximum absolute atomic E-state index is 12.2. The second-order valence-corrected chi connectivity index (χ2v) is 6.49. The molecule has 0 bridgehead atoms. The van der Waals surface area contributed by atoms with E-state index in [1.54, 1.807) is 44.0 Å². The molecule has 0 aromatic heterocycles. The lowest BCUT2D eigenvalue weighted by molar-refractivity contribution is -0.147. The predicted octanol–water partition coefficient (Wildman–Crippen LogP) is 1.83. The van der Waals surface area contributed by atoms with Gasteiger partial charge in [-0.25, -0.2) is 0 Å². The Kier molecular flexibility index (Phi) is 4.73. The summed E-state index contributed by atoms with van der Waals surface area (Å²) in [6.07, 6.45) is 1.43. The van der Waals surface area contributed by atoms with Crippen LogP contribution in [0.1, 0.15) is 42.6 Å². The van der Waals surface area contributed by atoms with Crippen LogP contribution in [0.2, 0.25) is 0 Å². The molecule has 1 aromatic carbocycles. The summed E-state index contributed by atoms with van der Waals surface area (Å²) in [5.41, 5.74) is 1.47. The maximum atomic E-state index is 12.2. The third-order valence-electron chi connectivity index (χ3n) is 4.30. The van der Waals surface area contributed by atoms with Crippen molar-refractivity contribution >= 4 is 23.5 Å². The molecule has 1 aliphatic heterocycles. The van der Waals surface area contributed by atoms with Crippen molar-refractivity contribution in [1.82, 2.24) is 5.32 Å². The molecule has 1 aromatic rings. The monoisotopic (exact) mass is 318 g/mol. The van der Waals surface area contributed by atoms with Crippen LogP contribution in [-0.2, 0) is 16.0 Å². The van der Waals surface area contributed by atoms with Crippen molar-refractivity contribution in [1.29, 1.82) is 0 Å². The number of fused-ring (bicyclic) bond motifs is 1. The second-order valence-electron chi connectivity index (χ2n) is 6.49. The average molecular weight is 318 g/mol. The van der Waals surface area contributed by atoms with E-state index in [9.17, 15) is 14.4 Å². The lowest BCUT2D eigenvalue weighted by Crippen LogP contribution is -2.33. The number of carboxylic acid groups (broad SMARTS) is 1. The Labute approximate surface area is 135 Å². The number of aryl methyl sites for hydroxylation is 1. The van der Waals surface area contributed by atoms with Gasteiger partial charge < -0.3 is 15.3 Å². The van der Waals surface area contributed by atoms with E-state index in [2.05, 4.69) is 5.32 Å². The third kappa shape index (κ3) is 3.70. The van der Waals surface area contributed by atoms with Gasteiger partial charge in [0.25, 0.3) is 5.91 Å².